The average Bonchev–Trinajstić information content (AvgIpc) is 2.77. The monoisotopic (exact) mass is 192 g/mol. The van der Waals surface area contributed by atoms with E-state index in [2.05, 4.69) is 10.3 Å². The van der Waals surface area contributed by atoms with Gasteiger partial charge in [-0.3, -0.25) is 0 Å². The number of oxazole rings is 1. The van der Waals surface area contributed by atoms with Crippen LogP contribution in [-0.4, -0.2) is 4.98 Å². The van der Waals surface area contributed by atoms with Crippen LogP contribution < -0.4 is 5.32 Å². The zero-order chi connectivity index (χ0) is 9.80. The fraction of sp³-hybridized carbons (Fsp3) is 0.300. The van der Waals surface area contributed by atoms with Crippen LogP contribution in [0.15, 0.2) is 33.6 Å². The number of rotatable bonds is 4. The van der Waals surface area contributed by atoms with E-state index >= 15 is 0 Å². The quantitative estimate of drug-likeness (QED) is 0.803. The van der Waals surface area contributed by atoms with Gasteiger partial charge in [0.25, 0.3) is 0 Å². The van der Waals surface area contributed by atoms with E-state index in [1.54, 1.807) is 6.20 Å². The van der Waals surface area contributed by atoms with Gasteiger partial charge in [0.05, 0.1) is 19.3 Å². The van der Waals surface area contributed by atoms with Gasteiger partial charge in [0, 0.05) is 0 Å². The summed E-state index contributed by atoms with van der Waals surface area (Å²) in [6.45, 7) is 3.30. The Kier molecular flexibility index (Phi) is 2.65. The highest BCUT2D eigenvalue weighted by Gasteiger charge is 1.99. The normalized spacial score (nSPS) is 10.6. The molecule has 0 atom stereocenters. The molecule has 0 aromatic carbocycles. The average molecular weight is 192 g/mol. The number of nitrogens with zero attached hydrogens (tertiary/aromatic N) is 1. The SMILES string of the molecule is Cc1ccc(CNCc2cnco2)o1. The summed E-state index contributed by atoms with van der Waals surface area (Å²) >= 11 is 0. The molecule has 2 aromatic rings. The van der Waals surface area contributed by atoms with Crippen molar-refractivity contribution in [3.63, 3.8) is 0 Å². The summed E-state index contributed by atoms with van der Waals surface area (Å²) in [5, 5.41) is 3.19. The number of hydrogen-bond donors (Lipinski definition) is 1. The van der Waals surface area contributed by atoms with Crippen LogP contribution in [0.1, 0.15) is 17.3 Å². The lowest BCUT2D eigenvalue weighted by Gasteiger charge is -1.98. The molecule has 0 unspecified atom stereocenters. The van der Waals surface area contributed by atoms with Gasteiger partial charge in [-0.2, -0.15) is 0 Å². The van der Waals surface area contributed by atoms with Gasteiger partial charge in [0.1, 0.15) is 17.3 Å². The van der Waals surface area contributed by atoms with Gasteiger partial charge in [0.2, 0.25) is 0 Å². The first kappa shape index (κ1) is 9.02. The van der Waals surface area contributed by atoms with Crippen molar-refractivity contribution in [3.05, 3.63) is 42.0 Å². The Balaban J connectivity index is 1.78. The van der Waals surface area contributed by atoms with Crippen LogP contribution in [-0.2, 0) is 13.1 Å². The lowest BCUT2D eigenvalue weighted by atomic mass is 10.4. The molecule has 2 heterocycles. The van der Waals surface area contributed by atoms with Crippen LogP contribution in [0.4, 0.5) is 0 Å². The number of nitrogens with one attached hydrogen (secondary N) is 1. The van der Waals surface area contributed by atoms with E-state index in [4.69, 9.17) is 8.83 Å². The third-order valence-corrected chi connectivity index (χ3v) is 1.88. The summed E-state index contributed by atoms with van der Waals surface area (Å²) in [6.07, 6.45) is 3.12. The molecular weight excluding hydrogens is 180 g/mol. The molecule has 14 heavy (non-hydrogen) atoms. The number of furan rings is 1. The second-order valence-electron chi connectivity index (χ2n) is 3.08. The number of hydrogen-bond acceptors (Lipinski definition) is 4. The Labute approximate surface area is 81.9 Å². The third-order valence-electron chi connectivity index (χ3n) is 1.88. The summed E-state index contributed by atoms with van der Waals surface area (Å²) in [4.78, 5) is 3.82. The van der Waals surface area contributed by atoms with E-state index in [-0.39, 0.29) is 0 Å². The highest BCUT2D eigenvalue weighted by Crippen LogP contribution is 2.05. The van der Waals surface area contributed by atoms with Crippen LogP contribution in [0.25, 0.3) is 0 Å². The molecule has 0 fully saturated rings. The molecule has 0 radical (unpaired) electrons. The molecular formula is C10H12N2O2. The highest BCUT2D eigenvalue weighted by molar-refractivity contribution is 5.05. The van der Waals surface area contributed by atoms with Crippen LogP contribution >= 0.6 is 0 Å². The molecule has 0 saturated carbocycles. The molecule has 74 valence electrons. The van der Waals surface area contributed by atoms with Crippen LogP contribution in [0, 0.1) is 6.92 Å². The van der Waals surface area contributed by atoms with E-state index in [0.29, 0.717) is 13.1 Å². The van der Waals surface area contributed by atoms with Gasteiger partial charge >= 0.3 is 0 Å². The smallest absolute Gasteiger partial charge is 0.180 e. The minimum absolute atomic E-state index is 0.666. The van der Waals surface area contributed by atoms with Gasteiger partial charge in [-0.15, -0.1) is 0 Å². The van der Waals surface area contributed by atoms with Crippen molar-refractivity contribution in [1.82, 2.24) is 10.3 Å². The molecule has 4 nitrogen and oxygen atoms in total. The number of aromatic nitrogens is 1. The summed E-state index contributed by atoms with van der Waals surface area (Å²) in [7, 11) is 0. The molecule has 0 bridgehead atoms. The molecule has 2 aromatic heterocycles. The first-order valence-corrected chi connectivity index (χ1v) is 4.48. The Hall–Kier alpha value is -1.55. The highest BCUT2D eigenvalue weighted by atomic mass is 16.3. The maximum absolute atomic E-state index is 5.39. The number of aryl methyl sites for hydroxylation is 1. The Morgan fingerprint density at radius 2 is 2.14 bits per heavy atom. The maximum atomic E-state index is 5.39. The standard InChI is InChI=1S/C10H12N2O2/c1-8-2-3-9(14-8)4-11-5-10-6-12-7-13-10/h2-3,6-7,11H,4-5H2,1H3. The predicted molar refractivity (Wildman–Crippen MR) is 50.5 cm³/mol. The summed E-state index contributed by atoms with van der Waals surface area (Å²) < 4.78 is 10.5. The third kappa shape index (κ3) is 2.23. The summed E-state index contributed by atoms with van der Waals surface area (Å²) in [6, 6.07) is 3.91. The van der Waals surface area contributed by atoms with Crippen LogP contribution in [0.2, 0.25) is 0 Å². The molecule has 2 rings (SSSR count). The second kappa shape index (κ2) is 4.11. The molecule has 0 saturated heterocycles. The zero-order valence-corrected chi connectivity index (χ0v) is 7.99. The van der Waals surface area contributed by atoms with Crippen molar-refractivity contribution >= 4 is 0 Å². The van der Waals surface area contributed by atoms with Crippen molar-refractivity contribution in [2.75, 3.05) is 0 Å². The Morgan fingerprint density at radius 1 is 1.29 bits per heavy atom. The molecule has 1 N–H and O–H groups in total. The Bertz CT molecular complexity index is 378. The topological polar surface area (TPSA) is 51.2 Å². The second-order valence-corrected chi connectivity index (χ2v) is 3.08. The minimum atomic E-state index is 0.666. The minimum Gasteiger partial charge on any atom is -0.465 e. The fourth-order valence-electron chi connectivity index (χ4n) is 1.22. The summed E-state index contributed by atoms with van der Waals surface area (Å²) in [5.74, 6) is 2.69. The zero-order valence-electron chi connectivity index (χ0n) is 7.99. The van der Waals surface area contributed by atoms with Gasteiger partial charge in [-0.05, 0) is 19.1 Å². The van der Waals surface area contributed by atoms with Crippen molar-refractivity contribution in [2.24, 2.45) is 0 Å². The molecule has 0 aliphatic rings. The molecule has 0 amide bonds. The van der Waals surface area contributed by atoms with E-state index in [9.17, 15) is 0 Å². The van der Waals surface area contributed by atoms with Crippen LogP contribution in [0.3, 0.4) is 0 Å². The Morgan fingerprint density at radius 3 is 2.79 bits per heavy atom. The van der Waals surface area contributed by atoms with Gasteiger partial charge in [0.15, 0.2) is 6.39 Å². The van der Waals surface area contributed by atoms with Crippen molar-refractivity contribution in [3.8, 4) is 0 Å². The molecule has 4 heteroatoms. The molecule has 0 aliphatic carbocycles. The van der Waals surface area contributed by atoms with Gasteiger partial charge in [-0.25, -0.2) is 4.98 Å². The van der Waals surface area contributed by atoms with Crippen molar-refractivity contribution in [2.45, 2.75) is 20.0 Å². The van der Waals surface area contributed by atoms with Gasteiger partial charge < -0.3 is 14.2 Å². The van der Waals surface area contributed by atoms with E-state index < -0.39 is 0 Å². The first-order valence-electron chi connectivity index (χ1n) is 4.48. The van der Waals surface area contributed by atoms with E-state index in [0.717, 1.165) is 17.3 Å². The molecule has 0 aliphatic heterocycles. The van der Waals surface area contributed by atoms with Crippen molar-refractivity contribution in [1.29, 1.82) is 0 Å². The predicted octanol–water partition coefficient (Wildman–Crippen LogP) is 1.87. The lowest BCUT2D eigenvalue weighted by molar-refractivity contribution is 0.439. The molecule has 0 spiro atoms. The first-order chi connectivity index (χ1) is 6.84. The van der Waals surface area contributed by atoms with E-state index in [1.807, 2.05) is 19.1 Å². The van der Waals surface area contributed by atoms with E-state index in [1.165, 1.54) is 6.39 Å². The maximum Gasteiger partial charge on any atom is 0.180 e. The van der Waals surface area contributed by atoms with Crippen molar-refractivity contribution < 1.29 is 8.83 Å². The fourth-order valence-corrected chi connectivity index (χ4v) is 1.22. The van der Waals surface area contributed by atoms with Gasteiger partial charge in [-0.1, -0.05) is 0 Å². The summed E-state index contributed by atoms with van der Waals surface area (Å²) in [5.41, 5.74) is 0. The largest absolute Gasteiger partial charge is 0.465 e. The lowest BCUT2D eigenvalue weighted by Crippen LogP contribution is -2.11. The van der Waals surface area contributed by atoms with Crippen LogP contribution in [0.5, 0.6) is 0 Å².